The molecule has 1 amide bonds. The van der Waals surface area contributed by atoms with Crippen LogP contribution in [0.4, 0.5) is 0 Å². The third-order valence-electron chi connectivity index (χ3n) is 14.8. The van der Waals surface area contributed by atoms with Gasteiger partial charge in [-0.2, -0.15) is 0 Å². The first-order valence-corrected chi connectivity index (χ1v) is 32.8. The fraction of sp³-hybridized carbons (Fsp3) is 0.984. The zero-order valence-electron chi connectivity index (χ0n) is 48.0. The highest BCUT2D eigenvalue weighted by molar-refractivity contribution is 7.45. The second kappa shape index (κ2) is 53.3. The second-order valence-corrected chi connectivity index (χ2v) is 24.5. The predicted molar refractivity (Wildman–Crippen MR) is 303 cm³/mol. The van der Waals surface area contributed by atoms with Crippen molar-refractivity contribution < 1.29 is 32.9 Å². The van der Waals surface area contributed by atoms with Crippen molar-refractivity contribution in [2.24, 2.45) is 0 Å². The van der Waals surface area contributed by atoms with E-state index in [1.54, 1.807) is 0 Å². The average molecular weight is 1010 g/mol. The van der Waals surface area contributed by atoms with E-state index in [0.29, 0.717) is 23.9 Å². The fourth-order valence-corrected chi connectivity index (χ4v) is 10.7. The molecule has 0 aromatic carbocycles. The van der Waals surface area contributed by atoms with Crippen LogP contribution in [0, 0.1) is 0 Å². The number of nitrogens with zero attached hydrogens (tertiary/aromatic N) is 1. The Labute approximate surface area is 438 Å². The van der Waals surface area contributed by atoms with Crippen molar-refractivity contribution in [2.75, 3.05) is 40.9 Å². The van der Waals surface area contributed by atoms with Gasteiger partial charge in [-0.3, -0.25) is 9.36 Å². The van der Waals surface area contributed by atoms with Crippen LogP contribution in [-0.4, -0.2) is 68.5 Å². The number of quaternary nitrogens is 1. The molecule has 0 aromatic heterocycles. The Morgan fingerprint density at radius 2 is 0.700 bits per heavy atom. The van der Waals surface area contributed by atoms with E-state index in [1.807, 2.05) is 21.1 Å². The van der Waals surface area contributed by atoms with Gasteiger partial charge in [0.05, 0.1) is 39.9 Å². The molecule has 0 fully saturated rings. The number of likely N-dealkylation sites (N-methyl/N-ethyl adjacent to an activating group) is 1. The van der Waals surface area contributed by atoms with E-state index in [4.69, 9.17) is 9.05 Å². The van der Waals surface area contributed by atoms with Crippen LogP contribution >= 0.6 is 7.82 Å². The van der Waals surface area contributed by atoms with Crippen LogP contribution in [0.25, 0.3) is 0 Å². The van der Waals surface area contributed by atoms with Crippen molar-refractivity contribution >= 4 is 13.7 Å². The average Bonchev–Trinajstić information content (AvgIpc) is 3.32. The van der Waals surface area contributed by atoms with E-state index >= 15 is 0 Å². The lowest BCUT2D eigenvalue weighted by atomic mass is 10.0. The number of aliphatic hydroxyl groups is 1. The van der Waals surface area contributed by atoms with Crippen LogP contribution in [0.15, 0.2) is 0 Å². The van der Waals surface area contributed by atoms with Crippen LogP contribution < -0.4 is 10.2 Å². The molecule has 0 aliphatic heterocycles. The summed E-state index contributed by atoms with van der Waals surface area (Å²) in [4.78, 5) is 25.6. The molecular weight excluding hydrogens is 888 g/mol. The highest BCUT2D eigenvalue weighted by atomic mass is 31.2. The minimum atomic E-state index is -4.57. The van der Waals surface area contributed by atoms with Crippen LogP contribution in [0.3, 0.4) is 0 Å². The Kier molecular flexibility index (Phi) is 52.9. The molecule has 0 radical (unpaired) electrons. The maximum absolute atomic E-state index is 13.0. The number of phosphoric ester groups is 1. The number of aliphatic hydroxyl groups excluding tert-OH is 1. The minimum Gasteiger partial charge on any atom is -0.756 e. The summed E-state index contributed by atoms with van der Waals surface area (Å²) in [6.07, 6.45) is 64.4. The molecule has 3 atom stereocenters. The SMILES string of the molecule is CCCCCCCCCCCCCCCCCCCCCCCCCCCCCCCCC(O)C(COP(=O)([O-])OCC[N+](C)(C)C)NC(=O)CCCCCCCCCCCCCCCCCCCC. The summed E-state index contributed by atoms with van der Waals surface area (Å²) < 4.78 is 23.5. The summed E-state index contributed by atoms with van der Waals surface area (Å²) in [6.45, 7) is 4.79. The number of hydrogen-bond donors (Lipinski definition) is 2. The molecule has 70 heavy (non-hydrogen) atoms. The van der Waals surface area contributed by atoms with Gasteiger partial charge in [-0.1, -0.05) is 316 Å². The summed E-state index contributed by atoms with van der Waals surface area (Å²) in [5.74, 6) is -0.156. The zero-order chi connectivity index (χ0) is 51.3. The highest BCUT2D eigenvalue weighted by Crippen LogP contribution is 2.38. The number of amides is 1. The zero-order valence-corrected chi connectivity index (χ0v) is 48.9. The summed E-state index contributed by atoms with van der Waals surface area (Å²) in [7, 11) is 1.33. The van der Waals surface area contributed by atoms with Crippen molar-refractivity contribution in [1.29, 1.82) is 0 Å². The first-order valence-electron chi connectivity index (χ1n) is 31.4. The van der Waals surface area contributed by atoms with Gasteiger partial charge >= 0.3 is 0 Å². The minimum absolute atomic E-state index is 0.0167. The number of unbranched alkanes of at least 4 members (excludes halogenated alkanes) is 46. The first-order chi connectivity index (χ1) is 34.0. The van der Waals surface area contributed by atoms with Crippen molar-refractivity contribution in [1.82, 2.24) is 5.32 Å². The van der Waals surface area contributed by atoms with Crippen molar-refractivity contribution in [3.63, 3.8) is 0 Å². The molecule has 0 aliphatic rings. The molecule has 3 unspecified atom stereocenters. The Morgan fingerprint density at radius 3 is 0.971 bits per heavy atom. The first kappa shape index (κ1) is 69.5. The molecule has 0 aliphatic carbocycles. The Hall–Kier alpha value is -0.500. The second-order valence-electron chi connectivity index (χ2n) is 23.1. The summed E-state index contributed by atoms with van der Waals surface area (Å²) in [6, 6.07) is -0.795. The van der Waals surface area contributed by atoms with Gasteiger partial charge in [0.2, 0.25) is 5.91 Å². The third-order valence-corrected chi connectivity index (χ3v) is 15.8. The van der Waals surface area contributed by atoms with Gasteiger partial charge in [0.1, 0.15) is 13.2 Å². The standard InChI is InChI=1S/C61H125N2O6P/c1-6-8-10-12-14-16-18-20-22-24-26-27-28-29-30-31-32-33-34-35-36-37-38-40-42-44-46-48-50-52-54-60(64)59(58-69-70(66,67)68-57-56-63(3,4)5)62-61(65)55-53-51-49-47-45-43-41-39-25-23-21-19-17-15-13-11-9-7-2/h59-60,64H,6-58H2,1-5H3,(H-,62,65,66,67). The molecular formula is C61H125N2O6P. The van der Waals surface area contributed by atoms with Crippen LogP contribution in [0.5, 0.6) is 0 Å². The number of nitrogens with one attached hydrogen (secondary N) is 1. The number of phosphoric acid groups is 1. The lowest BCUT2D eigenvalue weighted by molar-refractivity contribution is -0.870. The van der Waals surface area contributed by atoms with E-state index in [-0.39, 0.29) is 19.1 Å². The van der Waals surface area contributed by atoms with Gasteiger partial charge in [-0.15, -0.1) is 0 Å². The molecule has 9 heteroatoms. The molecule has 0 aromatic rings. The van der Waals surface area contributed by atoms with Crippen molar-refractivity contribution in [2.45, 2.75) is 347 Å². The van der Waals surface area contributed by atoms with Gasteiger partial charge in [-0.25, -0.2) is 0 Å². The predicted octanol–water partition coefficient (Wildman–Crippen LogP) is 18.6. The Morgan fingerprint density at radius 1 is 0.443 bits per heavy atom. The normalized spacial score (nSPS) is 13.8. The number of rotatable bonds is 59. The quantitative estimate of drug-likeness (QED) is 0.0357. The largest absolute Gasteiger partial charge is 0.756 e. The van der Waals surface area contributed by atoms with E-state index in [9.17, 15) is 19.4 Å². The van der Waals surface area contributed by atoms with Gasteiger partial charge in [0.15, 0.2) is 0 Å². The lowest BCUT2D eigenvalue weighted by Crippen LogP contribution is -2.46. The van der Waals surface area contributed by atoms with Crippen LogP contribution in [0.1, 0.15) is 335 Å². The Balaban J connectivity index is 4.02. The van der Waals surface area contributed by atoms with Gasteiger partial charge < -0.3 is 28.8 Å². The third kappa shape index (κ3) is 55.3. The lowest BCUT2D eigenvalue weighted by Gasteiger charge is -2.30. The fourth-order valence-electron chi connectivity index (χ4n) is 9.93. The van der Waals surface area contributed by atoms with E-state index in [1.165, 1.54) is 270 Å². The molecule has 2 N–H and O–H groups in total. The van der Waals surface area contributed by atoms with Crippen molar-refractivity contribution in [3.8, 4) is 0 Å². The Bertz CT molecular complexity index is 1100. The molecule has 0 bridgehead atoms. The van der Waals surface area contributed by atoms with Gasteiger partial charge in [0.25, 0.3) is 7.82 Å². The van der Waals surface area contributed by atoms with E-state index < -0.39 is 20.0 Å². The molecule has 0 heterocycles. The number of carbonyl (C=O) groups excluding carboxylic acids is 1. The maximum Gasteiger partial charge on any atom is 0.268 e. The van der Waals surface area contributed by atoms with Gasteiger partial charge in [0, 0.05) is 6.42 Å². The smallest absolute Gasteiger partial charge is 0.268 e. The maximum atomic E-state index is 13.0. The molecule has 0 rings (SSSR count). The molecule has 0 spiro atoms. The summed E-state index contributed by atoms with van der Waals surface area (Å²) >= 11 is 0. The summed E-state index contributed by atoms with van der Waals surface area (Å²) in [5, 5.41) is 14.1. The van der Waals surface area contributed by atoms with Crippen molar-refractivity contribution in [3.05, 3.63) is 0 Å². The monoisotopic (exact) mass is 1010 g/mol. The highest BCUT2D eigenvalue weighted by Gasteiger charge is 2.24. The summed E-state index contributed by atoms with van der Waals surface area (Å²) in [5.41, 5.74) is 0. The van der Waals surface area contributed by atoms with Crippen LogP contribution in [-0.2, 0) is 18.4 Å². The van der Waals surface area contributed by atoms with Gasteiger partial charge in [-0.05, 0) is 12.8 Å². The molecule has 0 saturated carbocycles. The topological polar surface area (TPSA) is 108 Å². The van der Waals surface area contributed by atoms with Crippen LogP contribution in [0.2, 0.25) is 0 Å². The molecule has 420 valence electrons. The van der Waals surface area contributed by atoms with E-state index in [2.05, 4.69) is 19.2 Å². The van der Waals surface area contributed by atoms with E-state index in [0.717, 1.165) is 38.5 Å². The molecule has 8 nitrogen and oxygen atoms in total. The number of hydrogen-bond acceptors (Lipinski definition) is 6. The molecule has 0 saturated heterocycles. The number of carbonyl (C=O) groups is 1.